The number of halogens is 1. The second-order valence-corrected chi connectivity index (χ2v) is 6.48. The van der Waals surface area contributed by atoms with Gasteiger partial charge in [0.05, 0.1) is 17.6 Å². The first-order chi connectivity index (χ1) is 12.7. The molecule has 0 saturated carbocycles. The Morgan fingerprint density at radius 2 is 1.96 bits per heavy atom. The zero-order valence-electron chi connectivity index (χ0n) is 14.7. The van der Waals surface area contributed by atoms with Gasteiger partial charge in [0.15, 0.2) is 6.61 Å². The van der Waals surface area contributed by atoms with E-state index in [1.165, 1.54) is 0 Å². The van der Waals surface area contributed by atoms with E-state index >= 15 is 0 Å². The molecule has 1 aromatic heterocycles. The summed E-state index contributed by atoms with van der Waals surface area (Å²) in [7, 11) is 0. The van der Waals surface area contributed by atoms with Gasteiger partial charge in [-0.15, -0.1) is 0 Å². The number of carbonyl (C=O) groups is 1. The van der Waals surface area contributed by atoms with E-state index in [1.54, 1.807) is 24.3 Å². The summed E-state index contributed by atoms with van der Waals surface area (Å²) in [4.78, 5) is 16.8. The van der Waals surface area contributed by atoms with Gasteiger partial charge in [0, 0.05) is 11.6 Å². The number of fused-ring (bicyclic) bond motifs is 1. The molecule has 0 aliphatic heterocycles. The summed E-state index contributed by atoms with van der Waals surface area (Å²) in [6.45, 7) is 3.39. The summed E-state index contributed by atoms with van der Waals surface area (Å²) in [5.41, 5.74) is 2.05. The fourth-order valence-electron chi connectivity index (χ4n) is 2.73. The van der Waals surface area contributed by atoms with Crippen molar-refractivity contribution in [2.45, 2.75) is 32.9 Å². The van der Waals surface area contributed by atoms with E-state index in [-0.39, 0.29) is 12.5 Å². The summed E-state index contributed by atoms with van der Waals surface area (Å²) >= 11 is 5.83. The SMILES string of the molecule is CCCCn1c(CNC(=O)COc2ccc(Cl)cc2)nc2ccccc21. The van der Waals surface area contributed by atoms with Crippen LogP contribution in [-0.2, 0) is 17.9 Å². The molecule has 1 amide bonds. The molecule has 1 N–H and O–H groups in total. The molecule has 6 heteroatoms. The molecule has 0 aliphatic carbocycles. The van der Waals surface area contributed by atoms with Gasteiger partial charge < -0.3 is 14.6 Å². The second-order valence-electron chi connectivity index (χ2n) is 6.04. The average Bonchev–Trinajstić information content (AvgIpc) is 3.01. The Bertz CT molecular complexity index is 874. The van der Waals surface area contributed by atoms with Gasteiger partial charge in [-0.2, -0.15) is 0 Å². The van der Waals surface area contributed by atoms with Crippen LogP contribution in [-0.4, -0.2) is 22.1 Å². The van der Waals surface area contributed by atoms with Crippen LogP contribution in [0.25, 0.3) is 11.0 Å². The number of nitrogens with zero attached hydrogens (tertiary/aromatic N) is 2. The predicted molar refractivity (Wildman–Crippen MR) is 103 cm³/mol. The fraction of sp³-hybridized carbons (Fsp3) is 0.300. The Labute approximate surface area is 157 Å². The van der Waals surface area contributed by atoms with Crippen molar-refractivity contribution in [1.82, 2.24) is 14.9 Å². The van der Waals surface area contributed by atoms with Crippen molar-refractivity contribution < 1.29 is 9.53 Å². The molecule has 0 radical (unpaired) electrons. The van der Waals surface area contributed by atoms with Crippen molar-refractivity contribution in [2.24, 2.45) is 0 Å². The number of para-hydroxylation sites is 2. The van der Waals surface area contributed by atoms with Crippen LogP contribution >= 0.6 is 11.6 Å². The summed E-state index contributed by atoms with van der Waals surface area (Å²) in [6.07, 6.45) is 2.17. The van der Waals surface area contributed by atoms with Crippen LogP contribution in [0.4, 0.5) is 0 Å². The van der Waals surface area contributed by atoms with Crippen molar-refractivity contribution in [1.29, 1.82) is 0 Å². The number of aromatic nitrogens is 2. The maximum absolute atomic E-state index is 12.1. The summed E-state index contributed by atoms with van der Waals surface area (Å²) in [6, 6.07) is 15.0. The van der Waals surface area contributed by atoms with Crippen LogP contribution in [0.1, 0.15) is 25.6 Å². The van der Waals surface area contributed by atoms with E-state index in [1.807, 2.05) is 18.2 Å². The quantitative estimate of drug-likeness (QED) is 0.646. The minimum Gasteiger partial charge on any atom is -0.484 e. The number of unbranched alkanes of at least 4 members (excludes halogenated alkanes) is 1. The Kier molecular flexibility index (Phi) is 6.12. The van der Waals surface area contributed by atoms with Crippen LogP contribution in [0.5, 0.6) is 5.75 Å². The fourth-order valence-corrected chi connectivity index (χ4v) is 2.86. The molecule has 3 rings (SSSR count). The molecule has 0 saturated heterocycles. The number of amides is 1. The topological polar surface area (TPSA) is 56.2 Å². The Balaban J connectivity index is 1.61. The number of benzene rings is 2. The van der Waals surface area contributed by atoms with Gasteiger partial charge in [0.1, 0.15) is 11.6 Å². The molecule has 1 heterocycles. The molecule has 0 spiro atoms. The lowest BCUT2D eigenvalue weighted by Crippen LogP contribution is -2.29. The van der Waals surface area contributed by atoms with Crippen LogP contribution < -0.4 is 10.1 Å². The number of aryl methyl sites for hydroxylation is 1. The lowest BCUT2D eigenvalue weighted by molar-refractivity contribution is -0.123. The van der Waals surface area contributed by atoms with E-state index in [2.05, 4.69) is 27.9 Å². The standard InChI is InChI=1S/C20H22ClN3O2/c1-2-3-12-24-18-7-5-4-6-17(18)23-19(24)13-22-20(25)14-26-16-10-8-15(21)9-11-16/h4-11H,2-3,12-14H2,1H3,(H,22,25). The van der Waals surface area contributed by atoms with Crippen molar-refractivity contribution in [3.05, 3.63) is 59.4 Å². The molecule has 26 heavy (non-hydrogen) atoms. The first-order valence-electron chi connectivity index (χ1n) is 8.76. The number of ether oxygens (including phenoxy) is 1. The highest BCUT2D eigenvalue weighted by molar-refractivity contribution is 6.30. The molecule has 136 valence electrons. The molecule has 0 aliphatic rings. The summed E-state index contributed by atoms with van der Waals surface area (Å²) in [5.74, 6) is 1.29. The highest BCUT2D eigenvalue weighted by atomic mass is 35.5. The first-order valence-corrected chi connectivity index (χ1v) is 9.14. The number of rotatable bonds is 8. The first kappa shape index (κ1) is 18.3. The lowest BCUT2D eigenvalue weighted by atomic mass is 10.3. The van der Waals surface area contributed by atoms with Gasteiger partial charge >= 0.3 is 0 Å². The summed E-state index contributed by atoms with van der Waals surface area (Å²) in [5, 5.41) is 3.52. The van der Waals surface area contributed by atoms with E-state index in [0.29, 0.717) is 17.3 Å². The van der Waals surface area contributed by atoms with Gasteiger partial charge in [-0.3, -0.25) is 4.79 Å². The number of imidazole rings is 1. The molecule has 0 atom stereocenters. The van der Waals surface area contributed by atoms with Gasteiger partial charge in [-0.25, -0.2) is 4.98 Å². The molecule has 0 bridgehead atoms. The third kappa shape index (κ3) is 4.55. The minimum absolute atomic E-state index is 0.0448. The third-order valence-electron chi connectivity index (χ3n) is 4.10. The van der Waals surface area contributed by atoms with Gasteiger partial charge in [-0.05, 0) is 42.8 Å². The maximum atomic E-state index is 12.1. The van der Waals surface area contributed by atoms with Crippen molar-refractivity contribution in [3.63, 3.8) is 0 Å². The lowest BCUT2D eigenvalue weighted by Gasteiger charge is -2.10. The van der Waals surface area contributed by atoms with E-state index < -0.39 is 0 Å². The minimum atomic E-state index is -0.186. The Morgan fingerprint density at radius 3 is 2.73 bits per heavy atom. The number of hydrogen-bond acceptors (Lipinski definition) is 3. The zero-order chi connectivity index (χ0) is 18.4. The average molecular weight is 372 g/mol. The molecule has 2 aromatic carbocycles. The highest BCUT2D eigenvalue weighted by Gasteiger charge is 2.11. The Hall–Kier alpha value is -2.53. The van der Waals surface area contributed by atoms with Crippen LogP contribution in [0.3, 0.4) is 0 Å². The maximum Gasteiger partial charge on any atom is 0.258 e. The number of hydrogen-bond donors (Lipinski definition) is 1. The monoisotopic (exact) mass is 371 g/mol. The highest BCUT2D eigenvalue weighted by Crippen LogP contribution is 2.17. The van der Waals surface area contributed by atoms with Crippen LogP contribution in [0, 0.1) is 0 Å². The van der Waals surface area contributed by atoms with Crippen LogP contribution in [0.15, 0.2) is 48.5 Å². The third-order valence-corrected chi connectivity index (χ3v) is 4.35. The molecular weight excluding hydrogens is 350 g/mol. The molecule has 0 unspecified atom stereocenters. The Morgan fingerprint density at radius 1 is 1.19 bits per heavy atom. The smallest absolute Gasteiger partial charge is 0.258 e. The number of nitrogens with one attached hydrogen (secondary N) is 1. The molecule has 0 fully saturated rings. The summed E-state index contributed by atoms with van der Waals surface area (Å²) < 4.78 is 7.65. The zero-order valence-corrected chi connectivity index (χ0v) is 15.5. The van der Waals surface area contributed by atoms with E-state index in [0.717, 1.165) is 36.2 Å². The van der Waals surface area contributed by atoms with Gasteiger partial charge in [0.25, 0.3) is 5.91 Å². The van der Waals surface area contributed by atoms with Gasteiger partial charge in [0.2, 0.25) is 0 Å². The van der Waals surface area contributed by atoms with Crippen LogP contribution in [0.2, 0.25) is 5.02 Å². The molecule has 3 aromatic rings. The van der Waals surface area contributed by atoms with Crippen molar-refractivity contribution >= 4 is 28.5 Å². The normalized spacial score (nSPS) is 10.8. The van der Waals surface area contributed by atoms with Gasteiger partial charge in [-0.1, -0.05) is 37.1 Å². The second kappa shape index (κ2) is 8.72. The number of carbonyl (C=O) groups excluding carboxylic acids is 1. The largest absolute Gasteiger partial charge is 0.484 e. The molecular formula is C20H22ClN3O2. The van der Waals surface area contributed by atoms with Crippen molar-refractivity contribution in [2.75, 3.05) is 6.61 Å². The molecule has 5 nitrogen and oxygen atoms in total. The van der Waals surface area contributed by atoms with Crippen molar-refractivity contribution in [3.8, 4) is 5.75 Å². The van der Waals surface area contributed by atoms with E-state index in [4.69, 9.17) is 16.3 Å². The van der Waals surface area contributed by atoms with E-state index in [9.17, 15) is 4.79 Å². The predicted octanol–water partition coefficient (Wildman–Crippen LogP) is 4.19.